The lowest BCUT2D eigenvalue weighted by atomic mass is 10.3. The Labute approximate surface area is 88.3 Å². The van der Waals surface area contributed by atoms with Crippen molar-refractivity contribution in [3.63, 3.8) is 0 Å². The van der Waals surface area contributed by atoms with Crippen LogP contribution in [0, 0.1) is 0 Å². The zero-order valence-electron chi connectivity index (χ0n) is 7.88. The second kappa shape index (κ2) is 4.75. The molecule has 15 heavy (non-hydrogen) atoms. The van der Waals surface area contributed by atoms with E-state index >= 15 is 0 Å². The summed E-state index contributed by atoms with van der Waals surface area (Å²) in [5, 5.41) is 11.7. The number of aliphatic hydroxyl groups excluding tert-OH is 1. The fourth-order valence-corrected chi connectivity index (χ4v) is 1.41. The van der Waals surface area contributed by atoms with Crippen LogP contribution in [0.3, 0.4) is 0 Å². The van der Waals surface area contributed by atoms with Crippen LogP contribution in [0.5, 0.6) is 0 Å². The van der Waals surface area contributed by atoms with Crippen LogP contribution in [-0.4, -0.2) is 27.1 Å². The molecule has 0 aliphatic heterocycles. The van der Waals surface area contributed by atoms with Gasteiger partial charge in [0.05, 0.1) is 6.10 Å². The van der Waals surface area contributed by atoms with Crippen molar-refractivity contribution in [2.24, 2.45) is 0 Å². The Morgan fingerprint density at radius 3 is 2.67 bits per heavy atom. The lowest BCUT2D eigenvalue weighted by Crippen LogP contribution is -2.10. The van der Waals surface area contributed by atoms with Crippen molar-refractivity contribution in [3.05, 3.63) is 5.82 Å². The first-order valence-corrected chi connectivity index (χ1v) is 5.00. The fraction of sp³-hybridized carbons (Fsp3) is 0.714. The summed E-state index contributed by atoms with van der Waals surface area (Å²) < 4.78 is 39.4. The van der Waals surface area contributed by atoms with Crippen LogP contribution in [-0.2, 0) is 6.18 Å². The molecule has 0 radical (unpaired) electrons. The minimum Gasteiger partial charge on any atom is -0.393 e. The first-order chi connectivity index (χ1) is 6.89. The van der Waals surface area contributed by atoms with Gasteiger partial charge in [0.15, 0.2) is 0 Å². The molecule has 8 heteroatoms. The first kappa shape index (κ1) is 12.2. The molecular formula is C7H10F3N3OS. The zero-order chi connectivity index (χ0) is 11.5. The highest BCUT2D eigenvalue weighted by atomic mass is 32.1. The van der Waals surface area contributed by atoms with Gasteiger partial charge in [0.25, 0.3) is 0 Å². The maximum atomic E-state index is 12.1. The van der Waals surface area contributed by atoms with E-state index in [9.17, 15) is 13.2 Å². The number of aromatic nitrogens is 2. The minimum atomic E-state index is -4.50. The van der Waals surface area contributed by atoms with Crippen LogP contribution in [0.2, 0.25) is 0 Å². The normalized spacial score (nSPS) is 13.9. The van der Waals surface area contributed by atoms with E-state index in [0.29, 0.717) is 24.5 Å². The molecule has 1 unspecified atom stereocenters. The number of aliphatic hydroxyl groups is 1. The van der Waals surface area contributed by atoms with E-state index in [1.54, 1.807) is 6.92 Å². The second-order valence-corrected chi connectivity index (χ2v) is 3.74. The summed E-state index contributed by atoms with van der Waals surface area (Å²) in [5.74, 6) is -1.13. The smallest absolute Gasteiger partial charge is 0.393 e. The predicted molar refractivity (Wildman–Crippen MR) is 49.7 cm³/mol. The molecule has 0 amide bonds. The SMILES string of the molecule is CC(O)CCNc1nc(C(F)(F)F)ns1. The molecule has 0 bridgehead atoms. The lowest BCUT2D eigenvalue weighted by Gasteiger charge is -2.03. The van der Waals surface area contributed by atoms with Crippen molar-refractivity contribution >= 4 is 16.7 Å². The van der Waals surface area contributed by atoms with E-state index in [1.807, 2.05) is 0 Å². The molecule has 0 aromatic carbocycles. The number of nitrogens with zero attached hydrogens (tertiary/aromatic N) is 2. The van der Waals surface area contributed by atoms with Gasteiger partial charge in [-0.15, -0.1) is 0 Å². The molecule has 0 saturated carbocycles. The second-order valence-electron chi connectivity index (χ2n) is 2.99. The van der Waals surface area contributed by atoms with Gasteiger partial charge in [-0.1, -0.05) is 0 Å². The minimum absolute atomic E-state index is 0.114. The van der Waals surface area contributed by atoms with Gasteiger partial charge in [-0.2, -0.15) is 22.5 Å². The van der Waals surface area contributed by atoms with Gasteiger partial charge in [0.2, 0.25) is 11.0 Å². The third-order valence-corrected chi connectivity index (χ3v) is 2.19. The lowest BCUT2D eigenvalue weighted by molar-refractivity contribution is -0.144. The van der Waals surface area contributed by atoms with Crippen molar-refractivity contribution in [3.8, 4) is 0 Å². The van der Waals surface area contributed by atoms with Gasteiger partial charge >= 0.3 is 6.18 Å². The van der Waals surface area contributed by atoms with Crippen LogP contribution in [0.1, 0.15) is 19.2 Å². The molecule has 0 fully saturated rings. The van der Waals surface area contributed by atoms with Gasteiger partial charge in [-0.05, 0) is 13.3 Å². The van der Waals surface area contributed by atoms with E-state index in [0.717, 1.165) is 0 Å². The van der Waals surface area contributed by atoms with Gasteiger partial charge in [0, 0.05) is 18.1 Å². The number of rotatable bonds is 4. The van der Waals surface area contributed by atoms with E-state index in [-0.39, 0.29) is 5.13 Å². The average Bonchev–Trinajstić information content (AvgIpc) is 2.51. The third kappa shape index (κ3) is 4.00. The molecule has 1 heterocycles. The third-order valence-electron chi connectivity index (χ3n) is 1.52. The van der Waals surface area contributed by atoms with Crippen molar-refractivity contribution in [1.29, 1.82) is 0 Å². The summed E-state index contributed by atoms with van der Waals surface area (Å²) in [4.78, 5) is 3.27. The number of alkyl halides is 3. The Bertz CT molecular complexity index is 313. The Morgan fingerprint density at radius 2 is 2.20 bits per heavy atom. The van der Waals surface area contributed by atoms with Crippen LogP contribution in [0.25, 0.3) is 0 Å². The highest BCUT2D eigenvalue weighted by Crippen LogP contribution is 2.28. The van der Waals surface area contributed by atoms with E-state index in [4.69, 9.17) is 5.11 Å². The maximum absolute atomic E-state index is 12.1. The number of hydrogen-bond acceptors (Lipinski definition) is 5. The molecular weight excluding hydrogens is 231 g/mol. The summed E-state index contributed by atoms with van der Waals surface area (Å²) in [6.07, 6.45) is -4.55. The highest BCUT2D eigenvalue weighted by Gasteiger charge is 2.36. The molecule has 1 rings (SSSR count). The molecule has 0 spiro atoms. The Balaban J connectivity index is 2.47. The summed E-state index contributed by atoms with van der Waals surface area (Å²) in [5.41, 5.74) is 0. The molecule has 86 valence electrons. The molecule has 0 aliphatic rings. The predicted octanol–water partition coefficient (Wildman–Crippen LogP) is 1.74. The molecule has 1 atom stereocenters. The Kier molecular flexibility index (Phi) is 3.86. The van der Waals surface area contributed by atoms with E-state index < -0.39 is 18.1 Å². The Hall–Kier alpha value is -0.890. The maximum Gasteiger partial charge on any atom is 0.452 e. The zero-order valence-corrected chi connectivity index (χ0v) is 8.69. The molecule has 0 saturated heterocycles. The van der Waals surface area contributed by atoms with Crippen molar-refractivity contribution in [1.82, 2.24) is 9.36 Å². The largest absolute Gasteiger partial charge is 0.452 e. The van der Waals surface area contributed by atoms with Crippen LogP contribution >= 0.6 is 11.5 Å². The van der Waals surface area contributed by atoms with Crippen molar-refractivity contribution < 1.29 is 18.3 Å². The quantitative estimate of drug-likeness (QED) is 0.843. The first-order valence-electron chi connectivity index (χ1n) is 4.22. The number of anilines is 1. The summed E-state index contributed by atoms with van der Waals surface area (Å²) in [7, 11) is 0. The number of nitrogens with one attached hydrogen (secondary N) is 1. The topological polar surface area (TPSA) is 58.0 Å². The molecule has 1 aromatic rings. The highest BCUT2D eigenvalue weighted by molar-refractivity contribution is 7.09. The fourth-order valence-electron chi connectivity index (χ4n) is 0.798. The van der Waals surface area contributed by atoms with Crippen LogP contribution in [0.4, 0.5) is 18.3 Å². The summed E-state index contributed by atoms with van der Waals surface area (Å²) >= 11 is 0.654. The van der Waals surface area contributed by atoms with Crippen LogP contribution < -0.4 is 5.32 Å². The summed E-state index contributed by atoms with van der Waals surface area (Å²) in [6, 6.07) is 0. The van der Waals surface area contributed by atoms with Gasteiger partial charge < -0.3 is 10.4 Å². The van der Waals surface area contributed by atoms with Gasteiger partial charge in [0.1, 0.15) is 0 Å². The molecule has 1 aromatic heterocycles. The molecule has 4 nitrogen and oxygen atoms in total. The molecule has 0 aliphatic carbocycles. The average molecular weight is 241 g/mol. The van der Waals surface area contributed by atoms with E-state index in [1.165, 1.54) is 0 Å². The van der Waals surface area contributed by atoms with Crippen molar-refractivity contribution in [2.45, 2.75) is 25.6 Å². The van der Waals surface area contributed by atoms with Crippen molar-refractivity contribution in [2.75, 3.05) is 11.9 Å². The monoisotopic (exact) mass is 241 g/mol. The van der Waals surface area contributed by atoms with Crippen LogP contribution in [0.15, 0.2) is 0 Å². The Morgan fingerprint density at radius 1 is 1.53 bits per heavy atom. The number of halogens is 3. The standard InChI is InChI=1S/C7H10F3N3OS/c1-4(14)2-3-11-6-12-5(13-15-6)7(8,9)10/h4,14H,2-3H2,1H3,(H,11,12,13). The molecule has 2 N–H and O–H groups in total. The van der Waals surface area contributed by atoms with E-state index in [2.05, 4.69) is 14.7 Å². The summed E-state index contributed by atoms with van der Waals surface area (Å²) in [6.45, 7) is 1.97. The van der Waals surface area contributed by atoms with Gasteiger partial charge in [-0.25, -0.2) is 0 Å². The van der Waals surface area contributed by atoms with Gasteiger partial charge in [-0.3, -0.25) is 0 Å². The number of hydrogen-bond donors (Lipinski definition) is 2.